The SMILES string of the molecule is COc1cc(NC(=S)N2CCN(c3cccc(O)c3)CC2)cc(OC)c1OC. The highest BCUT2D eigenvalue weighted by Crippen LogP contribution is 2.40. The van der Waals surface area contributed by atoms with Gasteiger partial charge in [-0.2, -0.15) is 0 Å². The van der Waals surface area contributed by atoms with Crippen molar-refractivity contribution in [2.45, 2.75) is 0 Å². The van der Waals surface area contributed by atoms with Crippen LogP contribution in [-0.2, 0) is 0 Å². The van der Waals surface area contributed by atoms with Crippen molar-refractivity contribution in [3.05, 3.63) is 36.4 Å². The van der Waals surface area contributed by atoms with E-state index in [9.17, 15) is 5.11 Å². The zero-order valence-electron chi connectivity index (χ0n) is 16.3. The van der Waals surface area contributed by atoms with Crippen molar-refractivity contribution in [2.24, 2.45) is 0 Å². The molecule has 7 nitrogen and oxygen atoms in total. The van der Waals surface area contributed by atoms with Gasteiger partial charge in [0.1, 0.15) is 5.75 Å². The molecule has 0 atom stereocenters. The van der Waals surface area contributed by atoms with Crippen LogP contribution < -0.4 is 24.4 Å². The maximum absolute atomic E-state index is 9.67. The van der Waals surface area contributed by atoms with Gasteiger partial charge < -0.3 is 34.4 Å². The molecule has 0 aliphatic carbocycles. The number of methoxy groups -OCH3 is 3. The summed E-state index contributed by atoms with van der Waals surface area (Å²) in [5.74, 6) is 1.96. The fourth-order valence-electron chi connectivity index (χ4n) is 3.21. The molecule has 1 saturated heterocycles. The minimum absolute atomic E-state index is 0.277. The summed E-state index contributed by atoms with van der Waals surface area (Å²) < 4.78 is 16.1. The van der Waals surface area contributed by atoms with Crippen LogP contribution in [0.25, 0.3) is 0 Å². The molecule has 3 rings (SSSR count). The van der Waals surface area contributed by atoms with Crippen LogP contribution in [0, 0.1) is 0 Å². The molecule has 2 N–H and O–H groups in total. The van der Waals surface area contributed by atoms with E-state index in [0.29, 0.717) is 22.4 Å². The van der Waals surface area contributed by atoms with Crippen LogP contribution in [0.5, 0.6) is 23.0 Å². The van der Waals surface area contributed by atoms with Crippen LogP contribution in [0.3, 0.4) is 0 Å². The average Bonchev–Trinajstić information content (AvgIpc) is 2.73. The standard InChI is InChI=1S/C20H25N3O4S/c1-25-17-11-14(12-18(26-2)19(17)27-3)21-20(28)23-9-7-22(8-10-23)15-5-4-6-16(24)13-15/h4-6,11-13,24H,7-10H2,1-3H3,(H,21,28). The number of anilines is 2. The highest BCUT2D eigenvalue weighted by Gasteiger charge is 2.20. The fourth-order valence-corrected chi connectivity index (χ4v) is 3.51. The summed E-state index contributed by atoms with van der Waals surface area (Å²) in [5, 5.41) is 13.6. The molecule has 0 bridgehead atoms. The molecule has 1 fully saturated rings. The molecular weight excluding hydrogens is 378 g/mol. The third kappa shape index (κ3) is 4.33. The summed E-state index contributed by atoms with van der Waals surface area (Å²) in [6.07, 6.45) is 0. The molecule has 0 aromatic heterocycles. The Balaban J connectivity index is 1.64. The third-order valence-corrected chi connectivity index (χ3v) is 5.04. The van der Waals surface area contributed by atoms with Crippen LogP contribution in [0.2, 0.25) is 0 Å². The molecule has 150 valence electrons. The van der Waals surface area contributed by atoms with Crippen LogP contribution in [0.15, 0.2) is 36.4 Å². The number of hydrogen-bond donors (Lipinski definition) is 2. The number of nitrogens with zero attached hydrogens (tertiary/aromatic N) is 2. The molecule has 0 amide bonds. The molecule has 0 saturated carbocycles. The number of nitrogens with one attached hydrogen (secondary N) is 1. The summed E-state index contributed by atoms with van der Waals surface area (Å²) >= 11 is 5.60. The third-order valence-electron chi connectivity index (χ3n) is 4.68. The van der Waals surface area contributed by atoms with Crippen LogP contribution in [0.4, 0.5) is 11.4 Å². The molecule has 2 aromatic carbocycles. The second-order valence-electron chi connectivity index (χ2n) is 6.34. The van der Waals surface area contributed by atoms with Crippen molar-refractivity contribution in [1.29, 1.82) is 0 Å². The number of rotatable bonds is 5. The van der Waals surface area contributed by atoms with Crippen LogP contribution in [-0.4, -0.2) is 62.6 Å². The van der Waals surface area contributed by atoms with Gasteiger partial charge in [0.05, 0.1) is 21.3 Å². The first-order valence-corrected chi connectivity index (χ1v) is 9.36. The Morgan fingerprint density at radius 3 is 2.14 bits per heavy atom. The number of hydrogen-bond acceptors (Lipinski definition) is 6. The lowest BCUT2D eigenvalue weighted by molar-refractivity contribution is 0.324. The van der Waals surface area contributed by atoms with E-state index in [4.69, 9.17) is 26.4 Å². The minimum Gasteiger partial charge on any atom is -0.508 e. The van der Waals surface area contributed by atoms with Gasteiger partial charge in [-0.1, -0.05) is 6.07 Å². The molecule has 0 unspecified atom stereocenters. The lowest BCUT2D eigenvalue weighted by Gasteiger charge is -2.37. The normalized spacial score (nSPS) is 13.8. The summed E-state index contributed by atoms with van der Waals surface area (Å²) in [5.41, 5.74) is 1.79. The van der Waals surface area contributed by atoms with Crippen molar-refractivity contribution in [1.82, 2.24) is 4.90 Å². The zero-order chi connectivity index (χ0) is 20.1. The average molecular weight is 404 g/mol. The van der Waals surface area contributed by atoms with E-state index in [1.807, 2.05) is 24.3 Å². The van der Waals surface area contributed by atoms with E-state index >= 15 is 0 Å². The van der Waals surface area contributed by atoms with Gasteiger partial charge in [-0.25, -0.2) is 0 Å². The minimum atomic E-state index is 0.277. The first kappa shape index (κ1) is 19.9. The molecule has 2 aromatic rings. The van der Waals surface area contributed by atoms with Gasteiger partial charge in [-0.05, 0) is 24.4 Å². The van der Waals surface area contributed by atoms with E-state index in [1.165, 1.54) is 0 Å². The van der Waals surface area contributed by atoms with Crippen LogP contribution >= 0.6 is 12.2 Å². The highest BCUT2D eigenvalue weighted by molar-refractivity contribution is 7.80. The Hall–Kier alpha value is -2.87. The quantitative estimate of drug-likeness (QED) is 0.739. The van der Waals surface area contributed by atoms with E-state index in [1.54, 1.807) is 33.5 Å². The Kier molecular flexibility index (Phi) is 6.30. The summed E-state index contributed by atoms with van der Waals surface area (Å²) in [6.45, 7) is 3.21. The van der Waals surface area contributed by atoms with Crippen molar-refractivity contribution in [3.63, 3.8) is 0 Å². The van der Waals surface area contributed by atoms with Crippen molar-refractivity contribution < 1.29 is 19.3 Å². The topological polar surface area (TPSA) is 66.4 Å². The first-order chi connectivity index (χ1) is 13.5. The first-order valence-electron chi connectivity index (χ1n) is 8.95. The Morgan fingerprint density at radius 2 is 1.61 bits per heavy atom. The number of phenolic OH excluding ortho intramolecular Hbond substituents is 1. The van der Waals surface area contributed by atoms with Gasteiger partial charge in [0.2, 0.25) is 5.75 Å². The van der Waals surface area contributed by atoms with E-state index in [0.717, 1.165) is 37.6 Å². The second kappa shape index (κ2) is 8.88. The zero-order valence-corrected chi connectivity index (χ0v) is 17.1. The number of phenols is 1. The Labute approximate surface area is 170 Å². The van der Waals surface area contributed by atoms with Crippen LogP contribution in [0.1, 0.15) is 0 Å². The second-order valence-corrected chi connectivity index (χ2v) is 6.72. The smallest absolute Gasteiger partial charge is 0.203 e. The van der Waals surface area contributed by atoms with E-state index in [-0.39, 0.29) is 5.75 Å². The lowest BCUT2D eigenvalue weighted by Crippen LogP contribution is -2.50. The summed E-state index contributed by atoms with van der Waals surface area (Å²) in [6, 6.07) is 11.0. The molecule has 28 heavy (non-hydrogen) atoms. The number of aromatic hydroxyl groups is 1. The van der Waals surface area contributed by atoms with Crippen molar-refractivity contribution in [2.75, 3.05) is 57.7 Å². The van der Waals surface area contributed by atoms with Gasteiger partial charge in [-0.3, -0.25) is 0 Å². The fraction of sp³-hybridized carbons (Fsp3) is 0.350. The molecule has 1 aliphatic heterocycles. The van der Waals surface area contributed by atoms with Gasteiger partial charge in [-0.15, -0.1) is 0 Å². The number of piperazine rings is 1. The predicted octanol–water partition coefficient (Wildman–Crippen LogP) is 2.94. The van der Waals surface area contributed by atoms with E-state index < -0.39 is 0 Å². The monoisotopic (exact) mass is 403 g/mol. The number of benzene rings is 2. The van der Waals surface area contributed by atoms with Gasteiger partial charge in [0.25, 0.3) is 0 Å². The summed E-state index contributed by atoms with van der Waals surface area (Å²) in [7, 11) is 4.74. The molecule has 1 aliphatic rings. The molecule has 0 radical (unpaired) electrons. The molecule has 8 heteroatoms. The number of thiocarbonyl (C=S) groups is 1. The largest absolute Gasteiger partial charge is 0.508 e. The Bertz CT molecular complexity index is 813. The van der Waals surface area contributed by atoms with E-state index in [2.05, 4.69) is 15.1 Å². The van der Waals surface area contributed by atoms with Crippen molar-refractivity contribution >= 4 is 28.7 Å². The maximum Gasteiger partial charge on any atom is 0.203 e. The molecule has 1 heterocycles. The van der Waals surface area contributed by atoms with Gasteiger partial charge in [0.15, 0.2) is 16.6 Å². The lowest BCUT2D eigenvalue weighted by atomic mass is 10.2. The van der Waals surface area contributed by atoms with Gasteiger partial charge in [0, 0.05) is 55.8 Å². The highest BCUT2D eigenvalue weighted by atomic mass is 32.1. The van der Waals surface area contributed by atoms with Gasteiger partial charge >= 0.3 is 0 Å². The maximum atomic E-state index is 9.67. The number of ether oxygens (including phenoxy) is 3. The molecule has 0 spiro atoms. The van der Waals surface area contributed by atoms with Crippen molar-refractivity contribution in [3.8, 4) is 23.0 Å². The summed E-state index contributed by atoms with van der Waals surface area (Å²) in [4.78, 5) is 4.36. The predicted molar refractivity (Wildman–Crippen MR) is 114 cm³/mol. The Morgan fingerprint density at radius 1 is 0.964 bits per heavy atom. The molecular formula is C20H25N3O4S.